The first-order valence-corrected chi connectivity index (χ1v) is 7.68. The van der Waals surface area contributed by atoms with Crippen LogP contribution in [-0.4, -0.2) is 22.8 Å². The number of carboxylic acids is 1. The molecule has 0 spiro atoms. The Kier molecular flexibility index (Phi) is 4.70. The zero-order valence-electron chi connectivity index (χ0n) is 13.6. The lowest BCUT2D eigenvalue weighted by atomic mass is 10.2. The van der Waals surface area contributed by atoms with Gasteiger partial charge in [0, 0.05) is 11.5 Å². The second kappa shape index (κ2) is 7.09. The minimum absolute atomic E-state index is 0.291. The number of pyridine rings is 1. The van der Waals surface area contributed by atoms with Crippen LogP contribution >= 0.6 is 0 Å². The largest absolute Gasteiger partial charge is 0.497 e. The van der Waals surface area contributed by atoms with E-state index in [-0.39, 0.29) is 5.56 Å². The summed E-state index contributed by atoms with van der Waals surface area (Å²) in [6.45, 7) is -0.127. The molecule has 25 heavy (non-hydrogen) atoms. The van der Waals surface area contributed by atoms with Crippen molar-refractivity contribution in [3.63, 3.8) is 0 Å². The van der Waals surface area contributed by atoms with E-state index in [1.165, 1.54) is 10.6 Å². The molecule has 6 heteroatoms. The molecule has 0 aliphatic heterocycles. The Morgan fingerprint density at radius 2 is 1.84 bits per heavy atom. The number of hydrogen-bond donors (Lipinski definition) is 1. The highest BCUT2D eigenvalue weighted by Gasteiger charge is 2.11. The number of hydrogen-bond acceptors (Lipinski definition) is 4. The van der Waals surface area contributed by atoms with E-state index in [4.69, 9.17) is 14.6 Å². The fraction of sp³-hybridized carbons (Fsp3) is 0.158. The average Bonchev–Trinajstić information content (AvgIpc) is 2.62. The molecule has 128 valence electrons. The Morgan fingerprint density at radius 1 is 1.08 bits per heavy atom. The second-order valence-corrected chi connectivity index (χ2v) is 5.48. The third-order valence-electron chi connectivity index (χ3n) is 3.82. The highest BCUT2D eigenvalue weighted by molar-refractivity contribution is 5.86. The third-order valence-corrected chi connectivity index (χ3v) is 3.82. The quantitative estimate of drug-likeness (QED) is 0.747. The van der Waals surface area contributed by atoms with Crippen molar-refractivity contribution in [2.24, 2.45) is 0 Å². The van der Waals surface area contributed by atoms with Crippen LogP contribution in [0.2, 0.25) is 0 Å². The Morgan fingerprint density at radius 3 is 2.52 bits per heavy atom. The zero-order valence-corrected chi connectivity index (χ0v) is 13.6. The molecule has 0 aliphatic rings. The molecule has 3 aromatic rings. The molecule has 0 fully saturated rings. The number of para-hydroxylation sites is 1. The molecule has 6 nitrogen and oxygen atoms in total. The Hall–Kier alpha value is -3.28. The van der Waals surface area contributed by atoms with E-state index in [2.05, 4.69) is 0 Å². The number of aliphatic carboxylic acids is 1. The van der Waals surface area contributed by atoms with Crippen LogP contribution in [0.5, 0.6) is 11.5 Å². The van der Waals surface area contributed by atoms with E-state index in [0.29, 0.717) is 17.9 Å². The molecule has 3 rings (SSSR count). The molecular weight excluding hydrogens is 322 g/mol. The summed E-state index contributed by atoms with van der Waals surface area (Å²) >= 11 is 0. The minimum Gasteiger partial charge on any atom is -0.497 e. The first-order chi connectivity index (χ1) is 12.1. The van der Waals surface area contributed by atoms with Crippen molar-refractivity contribution in [3.05, 3.63) is 70.5 Å². The first kappa shape index (κ1) is 16.6. The summed E-state index contributed by atoms with van der Waals surface area (Å²) in [7, 11) is 1.60. The Balaban J connectivity index is 1.96. The van der Waals surface area contributed by atoms with E-state index in [0.717, 1.165) is 16.7 Å². The maximum absolute atomic E-state index is 12.1. The van der Waals surface area contributed by atoms with Crippen LogP contribution in [0.25, 0.3) is 10.9 Å². The van der Waals surface area contributed by atoms with Crippen LogP contribution in [0.15, 0.2) is 59.4 Å². The molecule has 0 atom stereocenters. The van der Waals surface area contributed by atoms with Crippen LogP contribution in [0.4, 0.5) is 0 Å². The summed E-state index contributed by atoms with van der Waals surface area (Å²) in [5.41, 5.74) is 1.03. The van der Waals surface area contributed by atoms with Crippen molar-refractivity contribution < 1.29 is 19.4 Å². The van der Waals surface area contributed by atoms with Gasteiger partial charge in [-0.15, -0.1) is 0 Å². The standard InChI is InChI=1S/C19H17NO5/c1-24-15-8-5-13(6-9-15)12-25-16-4-2-3-14-7-10-17(21)20(19(14)16)11-18(22)23/h2-10H,11-12H2,1H3,(H,22,23). The van der Waals surface area contributed by atoms with Gasteiger partial charge in [-0.3, -0.25) is 14.2 Å². The van der Waals surface area contributed by atoms with Crippen LogP contribution in [0, 0.1) is 0 Å². The van der Waals surface area contributed by atoms with Gasteiger partial charge in [-0.25, -0.2) is 0 Å². The lowest BCUT2D eigenvalue weighted by Crippen LogP contribution is -2.23. The second-order valence-electron chi connectivity index (χ2n) is 5.48. The maximum Gasteiger partial charge on any atom is 0.323 e. The maximum atomic E-state index is 12.1. The first-order valence-electron chi connectivity index (χ1n) is 7.68. The number of carbonyl (C=O) groups is 1. The Bertz CT molecular complexity index is 960. The molecule has 0 unspecified atom stereocenters. The smallest absolute Gasteiger partial charge is 0.323 e. The van der Waals surface area contributed by atoms with Crippen molar-refractivity contribution in [2.45, 2.75) is 13.2 Å². The van der Waals surface area contributed by atoms with Crippen molar-refractivity contribution in [2.75, 3.05) is 7.11 Å². The fourth-order valence-corrected chi connectivity index (χ4v) is 2.62. The van der Waals surface area contributed by atoms with E-state index in [1.807, 2.05) is 30.3 Å². The highest BCUT2D eigenvalue weighted by atomic mass is 16.5. The topological polar surface area (TPSA) is 77.8 Å². The van der Waals surface area contributed by atoms with E-state index < -0.39 is 12.5 Å². The molecule has 2 aromatic carbocycles. The van der Waals surface area contributed by atoms with Gasteiger partial charge in [-0.1, -0.05) is 24.3 Å². The van der Waals surface area contributed by atoms with Gasteiger partial charge >= 0.3 is 5.97 Å². The average molecular weight is 339 g/mol. The monoisotopic (exact) mass is 339 g/mol. The molecule has 0 amide bonds. The van der Waals surface area contributed by atoms with Gasteiger partial charge in [0.25, 0.3) is 5.56 Å². The predicted molar refractivity (Wildman–Crippen MR) is 93.2 cm³/mol. The van der Waals surface area contributed by atoms with Crippen molar-refractivity contribution >= 4 is 16.9 Å². The number of carboxylic acid groups (broad SMARTS) is 1. The summed E-state index contributed by atoms with van der Waals surface area (Å²) in [5.74, 6) is 0.135. The van der Waals surface area contributed by atoms with Gasteiger partial charge in [0.2, 0.25) is 0 Å². The number of aromatic nitrogens is 1. The number of methoxy groups -OCH3 is 1. The molecule has 0 radical (unpaired) electrons. The van der Waals surface area contributed by atoms with E-state index in [9.17, 15) is 9.59 Å². The summed E-state index contributed by atoms with van der Waals surface area (Å²) in [6, 6.07) is 15.8. The molecular formula is C19H17NO5. The number of fused-ring (bicyclic) bond motifs is 1. The Labute approximate surface area is 143 Å². The van der Waals surface area contributed by atoms with Crippen LogP contribution < -0.4 is 15.0 Å². The van der Waals surface area contributed by atoms with Crippen LogP contribution in [-0.2, 0) is 17.9 Å². The number of ether oxygens (including phenoxy) is 2. The number of nitrogens with zero attached hydrogens (tertiary/aromatic N) is 1. The molecule has 0 bridgehead atoms. The van der Waals surface area contributed by atoms with E-state index >= 15 is 0 Å². The van der Waals surface area contributed by atoms with Gasteiger partial charge in [0.1, 0.15) is 24.7 Å². The van der Waals surface area contributed by atoms with Crippen molar-refractivity contribution in [3.8, 4) is 11.5 Å². The SMILES string of the molecule is COc1ccc(COc2cccc3ccc(=O)n(CC(=O)O)c23)cc1. The molecule has 0 saturated carbocycles. The van der Waals surface area contributed by atoms with Gasteiger partial charge in [-0.05, 0) is 29.8 Å². The number of rotatable bonds is 6. The predicted octanol–water partition coefficient (Wildman–Crippen LogP) is 2.67. The summed E-state index contributed by atoms with van der Waals surface area (Å²) < 4.78 is 12.2. The van der Waals surface area contributed by atoms with Crippen LogP contribution in [0.3, 0.4) is 0 Å². The number of benzene rings is 2. The van der Waals surface area contributed by atoms with Gasteiger partial charge in [0.15, 0.2) is 0 Å². The molecule has 1 N–H and O–H groups in total. The molecule has 0 aliphatic carbocycles. The molecule has 1 heterocycles. The van der Waals surface area contributed by atoms with Gasteiger partial charge in [0.05, 0.1) is 12.6 Å². The van der Waals surface area contributed by atoms with Gasteiger partial charge in [-0.2, -0.15) is 0 Å². The summed E-state index contributed by atoms with van der Waals surface area (Å²) in [6.07, 6.45) is 0. The van der Waals surface area contributed by atoms with Gasteiger partial charge < -0.3 is 14.6 Å². The molecule has 0 saturated heterocycles. The summed E-state index contributed by atoms with van der Waals surface area (Å²) in [5, 5.41) is 9.83. The van der Waals surface area contributed by atoms with Crippen molar-refractivity contribution in [1.29, 1.82) is 0 Å². The van der Waals surface area contributed by atoms with Crippen molar-refractivity contribution in [1.82, 2.24) is 4.57 Å². The lowest BCUT2D eigenvalue weighted by Gasteiger charge is -2.13. The third kappa shape index (κ3) is 3.63. The fourth-order valence-electron chi connectivity index (χ4n) is 2.62. The molecule has 1 aromatic heterocycles. The highest BCUT2D eigenvalue weighted by Crippen LogP contribution is 2.25. The zero-order chi connectivity index (χ0) is 17.8. The summed E-state index contributed by atoms with van der Waals surface area (Å²) in [4.78, 5) is 23.2. The van der Waals surface area contributed by atoms with Crippen LogP contribution in [0.1, 0.15) is 5.56 Å². The normalized spacial score (nSPS) is 10.6. The lowest BCUT2D eigenvalue weighted by molar-refractivity contribution is -0.137. The van der Waals surface area contributed by atoms with E-state index in [1.54, 1.807) is 25.3 Å². The minimum atomic E-state index is -1.08.